The Hall–Kier alpha value is -1.01. The van der Waals surface area contributed by atoms with Gasteiger partial charge in [-0.2, -0.15) is 13.2 Å². The van der Waals surface area contributed by atoms with Crippen LogP contribution in [0, 0.1) is 17.8 Å². The summed E-state index contributed by atoms with van der Waals surface area (Å²) >= 11 is 0. The van der Waals surface area contributed by atoms with Crippen molar-refractivity contribution in [1.82, 2.24) is 10.3 Å². The van der Waals surface area contributed by atoms with Crippen LogP contribution in [-0.4, -0.2) is 24.7 Å². The lowest BCUT2D eigenvalue weighted by Gasteiger charge is -2.09. The van der Waals surface area contributed by atoms with Gasteiger partial charge < -0.3 is 10.1 Å². The number of hydrogen-bond donors (Lipinski definition) is 1. The van der Waals surface area contributed by atoms with Crippen molar-refractivity contribution in [2.24, 2.45) is 17.8 Å². The standard InChI is InChI=1S/C12H13F3N2O.ClH/c13-12(14,15)11-2-1-7(3-17-11)18-6-10-8-4-16-5-9(8)10;/h1-3,8-10,16H,4-6H2;1H. The highest BCUT2D eigenvalue weighted by Gasteiger charge is 2.52. The van der Waals surface area contributed by atoms with Gasteiger partial charge in [0.25, 0.3) is 0 Å². The molecule has 2 heterocycles. The summed E-state index contributed by atoms with van der Waals surface area (Å²) in [5.41, 5.74) is -0.887. The predicted octanol–water partition coefficient (Wildman–Crippen LogP) is 2.37. The van der Waals surface area contributed by atoms with Crippen LogP contribution in [0.25, 0.3) is 0 Å². The van der Waals surface area contributed by atoms with Crippen LogP contribution >= 0.6 is 12.4 Å². The van der Waals surface area contributed by atoms with Gasteiger partial charge in [0.15, 0.2) is 0 Å². The summed E-state index contributed by atoms with van der Waals surface area (Å²) < 4.78 is 42.3. The van der Waals surface area contributed by atoms with Crippen molar-refractivity contribution in [1.29, 1.82) is 0 Å². The molecule has 0 aromatic carbocycles. The fraction of sp³-hybridized carbons (Fsp3) is 0.583. The van der Waals surface area contributed by atoms with E-state index in [1.807, 2.05) is 0 Å². The quantitative estimate of drug-likeness (QED) is 0.929. The summed E-state index contributed by atoms with van der Waals surface area (Å²) in [5.74, 6) is 2.33. The number of pyridine rings is 1. The zero-order valence-electron chi connectivity index (χ0n) is 9.98. The molecule has 3 nitrogen and oxygen atoms in total. The lowest BCUT2D eigenvalue weighted by molar-refractivity contribution is -0.141. The van der Waals surface area contributed by atoms with E-state index in [9.17, 15) is 13.2 Å². The number of piperidine rings is 1. The second-order valence-electron chi connectivity index (χ2n) is 4.84. The second-order valence-corrected chi connectivity index (χ2v) is 4.84. The van der Waals surface area contributed by atoms with Crippen molar-refractivity contribution in [2.75, 3.05) is 19.7 Å². The summed E-state index contributed by atoms with van der Waals surface area (Å²) in [5, 5.41) is 3.28. The summed E-state index contributed by atoms with van der Waals surface area (Å²) in [4.78, 5) is 3.36. The summed E-state index contributed by atoms with van der Waals surface area (Å²) in [6, 6.07) is 2.27. The average Bonchev–Trinajstić information content (AvgIpc) is 2.77. The Morgan fingerprint density at radius 2 is 1.95 bits per heavy atom. The molecule has 0 radical (unpaired) electrons. The molecule has 3 rings (SSSR count). The summed E-state index contributed by atoms with van der Waals surface area (Å²) in [7, 11) is 0. The molecule has 1 N–H and O–H groups in total. The van der Waals surface area contributed by atoms with E-state index in [-0.39, 0.29) is 12.4 Å². The highest BCUT2D eigenvalue weighted by Crippen LogP contribution is 2.48. The van der Waals surface area contributed by atoms with Crippen LogP contribution in [0.4, 0.5) is 13.2 Å². The highest BCUT2D eigenvalue weighted by molar-refractivity contribution is 5.85. The van der Waals surface area contributed by atoms with Crippen LogP contribution in [0.2, 0.25) is 0 Å². The fourth-order valence-corrected chi connectivity index (χ4v) is 2.62. The Morgan fingerprint density at radius 3 is 2.47 bits per heavy atom. The zero-order chi connectivity index (χ0) is 12.8. The molecule has 0 amide bonds. The highest BCUT2D eigenvalue weighted by atomic mass is 35.5. The third-order valence-electron chi connectivity index (χ3n) is 3.74. The first kappa shape index (κ1) is 14.4. The van der Waals surface area contributed by atoms with E-state index in [0.29, 0.717) is 30.1 Å². The Morgan fingerprint density at radius 1 is 1.26 bits per heavy atom. The molecule has 1 saturated carbocycles. The number of nitrogens with zero attached hydrogens (tertiary/aromatic N) is 1. The molecule has 1 aliphatic carbocycles. The minimum absolute atomic E-state index is 0. The van der Waals surface area contributed by atoms with E-state index < -0.39 is 11.9 Å². The van der Waals surface area contributed by atoms with Crippen molar-refractivity contribution < 1.29 is 17.9 Å². The molecule has 7 heteroatoms. The SMILES string of the molecule is Cl.FC(F)(F)c1ccc(OCC2C3CNCC32)cn1. The van der Waals surface area contributed by atoms with Gasteiger partial charge >= 0.3 is 6.18 Å². The first-order valence-electron chi connectivity index (χ1n) is 5.92. The number of hydrogen-bond acceptors (Lipinski definition) is 3. The molecule has 1 aliphatic heterocycles. The molecule has 1 aromatic heterocycles. The fourth-order valence-electron chi connectivity index (χ4n) is 2.62. The topological polar surface area (TPSA) is 34.1 Å². The van der Waals surface area contributed by atoms with E-state index in [2.05, 4.69) is 10.3 Å². The van der Waals surface area contributed by atoms with Crippen LogP contribution < -0.4 is 10.1 Å². The van der Waals surface area contributed by atoms with E-state index in [4.69, 9.17) is 4.74 Å². The third kappa shape index (κ3) is 2.95. The molecule has 0 spiro atoms. The van der Waals surface area contributed by atoms with E-state index in [1.165, 1.54) is 6.07 Å². The Kier molecular flexibility index (Phi) is 3.92. The number of alkyl halides is 3. The monoisotopic (exact) mass is 294 g/mol. The number of rotatable bonds is 3. The Bertz CT molecular complexity index is 428. The molecular formula is C12H14ClF3N2O. The molecule has 2 aliphatic rings. The van der Waals surface area contributed by atoms with E-state index in [1.54, 1.807) is 0 Å². The number of halogens is 4. The summed E-state index contributed by atoms with van der Waals surface area (Å²) in [6.07, 6.45) is -3.25. The maximum absolute atomic E-state index is 12.3. The molecule has 2 atom stereocenters. The van der Waals surface area contributed by atoms with Gasteiger partial charge in [-0.25, -0.2) is 4.98 Å². The molecule has 106 valence electrons. The van der Waals surface area contributed by atoms with Gasteiger partial charge in [0.2, 0.25) is 0 Å². The van der Waals surface area contributed by atoms with Crippen molar-refractivity contribution in [3.63, 3.8) is 0 Å². The van der Waals surface area contributed by atoms with Gasteiger partial charge in [-0.05, 0) is 37.1 Å². The lowest BCUT2D eigenvalue weighted by Crippen LogP contribution is -2.17. The van der Waals surface area contributed by atoms with Gasteiger partial charge in [-0.15, -0.1) is 12.4 Å². The van der Waals surface area contributed by atoms with Gasteiger partial charge in [-0.3, -0.25) is 0 Å². The molecule has 2 fully saturated rings. The van der Waals surface area contributed by atoms with Crippen molar-refractivity contribution in [3.8, 4) is 5.75 Å². The maximum Gasteiger partial charge on any atom is 0.433 e. The predicted molar refractivity (Wildman–Crippen MR) is 65.3 cm³/mol. The number of aromatic nitrogens is 1. The van der Waals surface area contributed by atoms with Gasteiger partial charge in [0, 0.05) is 5.92 Å². The minimum Gasteiger partial charge on any atom is -0.492 e. The first-order chi connectivity index (χ1) is 8.55. The van der Waals surface area contributed by atoms with Crippen LogP contribution in [-0.2, 0) is 6.18 Å². The van der Waals surface area contributed by atoms with Crippen molar-refractivity contribution in [3.05, 3.63) is 24.0 Å². The number of ether oxygens (including phenoxy) is 1. The van der Waals surface area contributed by atoms with Crippen LogP contribution in [0.3, 0.4) is 0 Å². The zero-order valence-corrected chi connectivity index (χ0v) is 10.8. The molecule has 2 unspecified atom stereocenters. The van der Waals surface area contributed by atoms with Crippen molar-refractivity contribution in [2.45, 2.75) is 6.18 Å². The van der Waals surface area contributed by atoms with E-state index >= 15 is 0 Å². The average molecular weight is 295 g/mol. The van der Waals surface area contributed by atoms with Gasteiger partial charge in [0.1, 0.15) is 11.4 Å². The van der Waals surface area contributed by atoms with E-state index in [0.717, 1.165) is 25.4 Å². The molecule has 1 saturated heterocycles. The Balaban J connectivity index is 0.00000133. The number of fused-ring (bicyclic) bond motifs is 1. The smallest absolute Gasteiger partial charge is 0.433 e. The summed E-state index contributed by atoms with van der Waals surface area (Å²) in [6.45, 7) is 2.64. The van der Waals surface area contributed by atoms with Crippen LogP contribution in [0.15, 0.2) is 18.3 Å². The van der Waals surface area contributed by atoms with Crippen molar-refractivity contribution >= 4 is 12.4 Å². The third-order valence-corrected chi connectivity index (χ3v) is 3.74. The van der Waals surface area contributed by atoms with Crippen LogP contribution in [0.5, 0.6) is 5.75 Å². The molecule has 0 bridgehead atoms. The molecule has 19 heavy (non-hydrogen) atoms. The first-order valence-corrected chi connectivity index (χ1v) is 5.92. The van der Waals surface area contributed by atoms with Gasteiger partial charge in [0.05, 0.1) is 12.8 Å². The molecule has 1 aromatic rings. The van der Waals surface area contributed by atoms with Crippen LogP contribution in [0.1, 0.15) is 5.69 Å². The maximum atomic E-state index is 12.3. The minimum atomic E-state index is -4.39. The second kappa shape index (κ2) is 5.17. The van der Waals surface area contributed by atoms with Gasteiger partial charge in [-0.1, -0.05) is 0 Å². The lowest BCUT2D eigenvalue weighted by atomic mass is 10.3. The molecular weight excluding hydrogens is 281 g/mol. The Labute approximate surface area is 115 Å². The largest absolute Gasteiger partial charge is 0.492 e. The number of nitrogens with one attached hydrogen (secondary N) is 1. The normalized spacial score (nSPS) is 28.5.